The minimum Gasteiger partial charge on any atom is -0.305 e. The molecule has 3 nitrogen and oxygen atoms in total. The van der Waals surface area contributed by atoms with E-state index >= 15 is 0 Å². The number of amides is 1. The summed E-state index contributed by atoms with van der Waals surface area (Å²) in [6.45, 7) is 6.66. The zero-order chi connectivity index (χ0) is 21.6. The number of carbonyl (C=O) groups excluding carboxylic acids is 1. The van der Waals surface area contributed by atoms with E-state index in [4.69, 9.17) is 0 Å². The molecule has 3 aromatic carbocycles. The molecule has 3 aromatic rings. The fourth-order valence-electron chi connectivity index (χ4n) is 4.76. The van der Waals surface area contributed by atoms with Gasteiger partial charge in [0.25, 0.3) is 5.91 Å². The number of para-hydroxylation sites is 1. The Balaban J connectivity index is 1.53. The van der Waals surface area contributed by atoms with Crippen LogP contribution in [0, 0.1) is 5.92 Å². The van der Waals surface area contributed by atoms with Crippen LogP contribution in [0.2, 0.25) is 0 Å². The Morgan fingerprint density at radius 2 is 1.45 bits per heavy atom. The highest BCUT2D eigenvalue weighted by atomic mass is 16.2. The van der Waals surface area contributed by atoms with Gasteiger partial charge in [0.15, 0.2) is 0 Å². The Labute approximate surface area is 186 Å². The first-order chi connectivity index (χ1) is 15.1. The number of nitrogens with zero attached hydrogens (tertiary/aromatic N) is 2. The summed E-state index contributed by atoms with van der Waals surface area (Å²) in [5.41, 5.74) is 3.12. The lowest BCUT2D eigenvalue weighted by molar-refractivity contribution is 0.0854. The molecule has 4 rings (SSSR count). The number of hydrogen-bond donors (Lipinski definition) is 0. The van der Waals surface area contributed by atoms with Crippen LogP contribution in [-0.2, 0) is 6.42 Å². The van der Waals surface area contributed by atoms with Crippen molar-refractivity contribution < 1.29 is 4.79 Å². The summed E-state index contributed by atoms with van der Waals surface area (Å²) in [5, 5.41) is 0. The molecule has 0 bridgehead atoms. The molecule has 0 aromatic heterocycles. The van der Waals surface area contributed by atoms with Crippen molar-refractivity contribution in [2.24, 2.45) is 5.92 Å². The minimum absolute atomic E-state index is 0.0913. The highest BCUT2D eigenvalue weighted by Crippen LogP contribution is 2.31. The lowest BCUT2D eigenvalue weighted by atomic mass is 9.87. The van der Waals surface area contributed by atoms with Gasteiger partial charge in [-0.1, -0.05) is 73.7 Å². The fraction of sp³-hybridized carbons (Fsp3) is 0.321. The largest absolute Gasteiger partial charge is 0.305 e. The molecule has 1 aliphatic heterocycles. The zero-order valence-electron chi connectivity index (χ0n) is 18.5. The number of likely N-dealkylation sites (tertiary alicyclic amines) is 1. The third kappa shape index (κ3) is 5.05. The topological polar surface area (TPSA) is 23.6 Å². The first-order valence-corrected chi connectivity index (χ1v) is 11.3. The van der Waals surface area contributed by atoms with Crippen LogP contribution in [0.3, 0.4) is 0 Å². The zero-order valence-corrected chi connectivity index (χ0v) is 18.5. The molecule has 1 amide bonds. The van der Waals surface area contributed by atoms with E-state index in [1.165, 1.54) is 5.56 Å². The van der Waals surface area contributed by atoms with Gasteiger partial charge in [0, 0.05) is 36.4 Å². The van der Waals surface area contributed by atoms with Crippen LogP contribution in [-0.4, -0.2) is 36.0 Å². The Morgan fingerprint density at radius 3 is 2.10 bits per heavy atom. The normalized spacial score (nSPS) is 21.5. The Morgan fingerprint density at radius 1 is 0.871 bits per heavy atom. The molecule has 0 saturated carbocycles. The third-order valence-electron chi connectivity index (χ3n) is 6.52. The van der Waals surface area contributed by atoms with Gasteiger partial charge in [0.1, 0.15) is 0 Å². The van der Waals surface area contributed by atoms with Gasteiger partial charge in [-0.3, -0.25) is 9.69 Å². The van der Waals surface area contributed by atoms with E-state index in [2.05, 4.69) is 61.2 Å². The van der Waals surface area contributed by atoms with Crippen molar-refractivity contribution in [3.8, 4) is 0 Å². The van der Waals surface area contributed by atoms with Gasteiger partial charge in [-0.05, 0) is 55.5 Å². The molecule has 1 heterocycles. The summed E-state index contributed by atoms with van der Waals surface area (Å²) in [6.07, 6.45) is 2.04. The fourth-order valence-corrected chi connectivity index (χ4v) is 4.76. The van der Waals surface area contributed by atoms with E-state index < -0.39 is 0 Å². The smallest absolute Gasteiger partial charge is 0.258 e. The lowest BCUT2D eigenvalue weighted by Gasteiger charge is -2.46. The average Bonchev–Trinajstić information content (AvgIpc) is 2.82. The van der Waals surface area contributed by atoms with Crippen LogP contribution in [0.5, 0.6) is 0 Å². The van der Waals surface area contributed by atoms with Gasteiger partial charge in [0.05, 0.1) is 0 Å². The summed E-state index contributed by atoms with van der Waals surface area (Å²) >= 11 is 0. The van der Waals surface area contributed by atoms with Crippen molar-refractivity contribution >= 4 is 11.6 Å². The SMILES string of the molecule is CC1CN(CCc2ccccc2)C(C)CC1N(C(=O)c1ccccc1)c1ccccc1. The van der Waals surface area contributed by atoms with Crippen molar-refractivity contribution in [3.05, 3.63) is 102 Å². The summed E-state index contributed by atoms with van der Waals surface area (Å²) in [7, 11) is 0. The maximum atomic E-state index is 13.6. The molecule has 3 heteroatoms. The van der Waals surface area contributed by atoms with Crippen LogP contribution >= 0.6 is 0 Å². The minimum atomic E-state index is 0.0913. The number of piperidine rings is 1. The molecule has 0 radical (unpaired) electrons. The first kappa shape index (κ1) is 21.3. The number of rotatable bonds is 6. The third-order valence-corrected chi connectivity index (χ3v) is 6.52. The monoisotopic (exact) mass is 412 g/mol. The van der Waals surface area contributed by atoms with Gasteiger partial charge >= 0.3 is 0 Å². The molecular formula is C28H32N2O. The van der Waals surface area contributed by atoms with E-state index in [-0.39, 0.29) is 11.9 Å². The van der Waals surface area contributed by atoms with Crippen molar-refractivity contribution in [2.45, 2.75) is 38.8 Å². The van der Waals surface area contributed by atoms with Gasteiger partial charge in [0.2, 0.25) is 0 Å². The predicted octanol–water partition coefficient (Wildman–Crippen LogP) is 5.68. The second-order valence-electron chi connectivity index (χ2n) is 8.74. The van der Waals surface area contributed by atoms with E-state index in [9.17, 15) is 4.79 Å². The van der Waals surface area contributed by atoms with Crippen molar-refractivity contribution in [3.63, 3.8) is 0 Å². The standard InChI is InChI=1S/C28H32N2O/c1-22-21-29(19-18-24-12-6-3-7-13-24)23(2)20-27(22)30(26-16-10-5-11-17-26)28(31)25-14-8-4-9-15-25/h3-17,22-23,27H,18-21H2,1-2H3. The highest BCUT2D eigenvalue weighted by Gasteiger charge is 2.37. The summed E-state index contributed by atoms with van der Waals surface area (Å²) < 4.78 is 0. The van der Waals surface area contributed by atoms with Gasteiger partial charge in [-0.15, -0.1) is 0 Å². The molecule has 1 aliphatic rings. The van der Waals surface area contributed by atoms with Crippen LogP contribution in [0.25, 0.3) is 0 Å². The highest BCUT2D eigenvalue weighted by molar-refractivity contribution is 6.06. The number of anilines is 1. The van der Waals surface area contributed by atoms with E-state index in [1.807, 2.05) is 53.4 Å². The molecule has 0 aliphatic carbocycles. The van der Waals surface area contributed by atoms with E-state index in [0.29, 0.717) is 12.0 Å². The average molecular weight is 413 g/mol. The molecule has 3 unspecified atom stereocenters. The Hall–Kier alpha value is -2.91. The maximum absolute atomic E-state index is 13.6. The maximum Gasteiger partial charge on any atom is 0.258 e. The van der Waals surface area contributed by atoms with Crippen molar-refractivity contribution in [1.82, 2.24) is 4.90 Å². The van der Waals surface area contributed by atoms with Gasteiger partial charge < -0.3 is 4.90 Å². The van der Waals surface area contributed by atoms with Crippen molar-refractivity contribution in [2.75, 3.05) is 18.0 Å². The molecule has 1 saturated heterocycles. The van der Waals surface area contributed by atoms with Crippen molar-refractivity contribution in [1.29, 1.82) is 0 Å². The van der Waals surface area contributed by atoms with Gasteiger partial charge in [-0.25, -0.2) is 0 Å². The Bertz CT molecular complexity index is 958. The molecule has 3 atom stereocenters. The quantitative estimate of drug-likeness (QED) is 0.520. The summed E-state index contributed by atoms with van der Waals surface area (Å²) in [6, 6.07) is 31.1. The number of hydrogen-bond acceptors (Lipinski definition) is 2. The molecule has 31 heavy (non-hydrogen) atoms. The molecule has 160 valence electrons. The summed E-state index contributed by atoms with van der Waals surface area (Å²) in [5.74, 6) is 0.480. The summed E-state index contributed by atoms with van der Waals surface area (Å²) in [4.78, 5) is 18.2. The van der Waals surface area contributed by atoms with E-state index in [1.54, 1.807) is 0 Å². The van der Waals surface area contributed by atoms with Gasteiger partial charge in [-0.2, -0.15) is 0 Å². The predicted molar refractivity (Wildman–Crippen MR) is 128 cm³/mol. The molecule has 0 N–H and O–H groups in total. The number of carbonyl (C=O) groups is 1. The van der Waals surface area contributed by atoms with Crippen LogP contribution in [0.15, 0.2) is 91.0 Å². The number of benzene rings is 3. The lowest BCUT2D eigenvalue weighted by Crippen LogP contribution is -2.55. The van der Waals surface area contributed by atoms with E-state index in [0.717, 1.165) is 37.2 Å². The molecule has 0 spiro atoms. The van der Waals surface area contributed by atoms with Crippen LogP contribution < -0.4 is 4.90 Å². The second kappa shape index (κ2) is 9.93. The second-order valence-corrected chi connectivity index (χ2v) is 8.74. The Kier molecular flexibility index (Phi) is 6.83. The molecule has 1 fully saturated rings. The molecular weight excluding hydrogens is 380 g/mol. The first-order valence-electron chi connectivity index (χ1n) is 11.3. The van der Waals surface area contributed by atoms with Crippen LogP contribution in [0.1, 0.15) is 36.2 Å². The van der Waals surface area contributed by atoms with Crippen LogP contribution in [0.4, 0.5) is 5.69 Å².